The van der Waals surface area contributed by atoms with Gasteiger partial charge in [0.25, 0.3) is 0 Å². The van der Waals surface area contributed by atoms with Crippen LogP contribution < -0.4 is 5.73 Å². The van der Waals surface area contributed by atoms with Crippen LogP contribution in [-0.2, 0) is 0 Å². The molecule has 18 heavy (non-hydrogen) atoms. The molecule has 0 bridgehead atoms. The van der Waals surface area contributed by atoms with E-state index in [9.17, 15) is 9.90 Å². The summed E-state index contributed by atoms with van der Waals surface area (Å²) in [6.45, 7) is 4.56. The molecule has 3 N–H and O–H groups in total. The lowest BCUT2D eigenvalue weighted by Gasteiger charge is -2.17. The van der Waals surface area contributed by atoms with Crippen LogP contribution in [0.15, 0.2) is 24.4 Å². The highest BCUT2D eigenvalue weighted by Crippen LogP contribution is 2.25. The molecule has 96 valence electrons. The maximum Gasteiger partial charge on any atom is 0.356 e. The summed E-state index contributed by atoms with van der Waals surface area (Å²) in [5.41, 5.74) is 6.48. The first-order chi connectivity index (χ1) is 8.56. The van der Waals surface area contributed by atoms with E-state index in [4.69, 9.17) is 5.73 Å². The Balaban J connectivity index is 2.68. The lowest BCUT2D eigenvalue weighted by atomic mass is 9.95. The van der Waals surface area contributed by atoms with E-state index in [-0.39, 0.29) is 11.6 Å². The van der Waals surface area contributed by atoms with Crippen LogP contribution in [0, 0.1) is 5.92 Å². The predicted molar refractivity (Wildman–Crippen MR) is 68.8 cm³/mol. The van der Waals surface area contributed by atoms with Crippen LogP contribution in [0.4, 0.5) is 0 Å². The number of aromatic nitrogens is 2. The molecule has 5 heteroatoms. The standard InChI is InChI=1S/C13H17N3O2/c1-8(2)9(7-14)12-15-11(13(17)18)10-5-3-4-6-16(10)12/h3-6,8-9H,7,14H2,1-2H3,(H,17,18). The van der Waals surface area contributed by atoms with Crippen LogP contribution in [0.5, 0.6) is 0 Å². The number of carboxylic acid groups (broad SMARTS) is 1. The molecule has 0 saturated heterocycles. The number of rotatable bonds is 4. The molecule has 0 aliphatic carbocycles. The van der Waals surface area contributed by atoms with Crippen molar-refractivity contribution in [1.82, 2.24) is 9.38 Å². The Kier molecular flexibility index (Phi) is 3.34. The van der Waals surface area contributed by atoms with Gasteiger partial charge < -0.3 is 15.2 Å². The highest BCUT2D eigenvalue weighted by molar-refractivity contribution is 5.93. The Morgan fingerprint density at radius 3 is 2.78 bits per heavy atom. The fraction of sp³-hybridized carbons (Fsp3) is 0.385. The third kappa shape index (κ3) is 1.97. The van der Waals surface area contributed by atoms with Crippen molar-refractivity contribution in [3.05, 3.63) is 35.9 Å². The summed E-state index contributed by atoms with van der Waals surface area (Å²) in [6, 6.07) is 5.42. The molecule has 0 aliphatic heterocycles. The molecule has 2 aromatic rings. The molecule has 2 aromatic heterocycles. The van der Waals surface area contributed by atoms with E-state index in [1.165, 1.54) is 0 Å². The molecule has 2 rings (SSSR count). The minimum atomic E-state index is -1.01. The zero-order valence-corrected chi connectivity index (χ0v) is 10.5. The van der Waals surface area contributed by atoms with E-state index < -0.39 is 5.97 Å². The Bertz CT molecular complexity index is 575. The lowest BCUT2D eigenvalue weighted by Crippen LogP contribution is -2.20. The number of imidazole rings is 1. The molecule has 1 atom stereocenters. The maximum absolute atomic E-state index is 11.2. The van der Waals surface area contributed by atoms with Gasteiger partial charge in [0.15, 0.2) is 5.69 Å². The van der Waals surface area contributed by atoms with E-state index in [1.807, 2.05) is 16.7 Å². The first kappa shape index (κ1) is 12.6. The van der Waals surface area contributed by atoms with Gasteiger partial charge in [0.05, 0.1) is 5.52 Å². The van der Waals surface area contributed by atoms with E-state index in [0.717, 1.165) is 5.82 Å². The molecule has 1 unspecified atom stereocenters. The van der Waals surface area contributed by atoms with Crippen LogP contribution in [0.25, 0.3) is 5.52 Å². The number of carboxylic acids is 1. The molecule has 2 heterocycles. The third-order valence-corrected chi connectivity index (χ3v) is 3.17. The van der Waals surface area contributed by atoms with E-state index in [0.29, 0.717) is 18.0 Å². The molecule has 0 aliphatic rings. The Morgan fingerprint density at radius 2 is 2.22 bits per heavy atom. The monoisotopic (exact) mass is 247 g/mol. The van der Waals surface area contributed by atoms with Gasteiger partial charge in [0, 0.05) is 18.7 Å². The summed E-state index contributed by atoms with van der Waals surface area (Å²) < 4.78 is 1.82. The molecule has 5 nitrogen and oxygen atoms in total. The van der Waals surface area contributed by atoms with Crippen molar-refractivity contribution < 1.29 is 9.90 Å². The molecule has 0 saturated carbocycles. The van der Waals surface area contributed by atoms with Crippen LogP contribution in [0.2, 0.25) is 0 Å². The van der Waals surface area contributed by atoms with Crippen LogP contribution in [-0.4, -0.2) is 27.0 Å². The fourth-order valence-electron chi connectivity index (χ4n) is 2.16. The number of nitrogens with two attached hydrogens (primary N) is 1. The number of nitrogens with zero attached hydrogens (tertiary/aromatic N) is 2. The normalized spacial score (nSPS) is 13.1. The number of aromatic carboxylic acids is 1. The second-order valence-corrected chi connectivity index (χ2v) is 4.67. The van der Waals surface area contributed by atoms with Crippen LogP contribution in [0.3, 0.4) is 0 Å². The molecule has 0 aromatic carbocycles. The Labute approximate surface area is 105 Å². The van der Waals surface area contributed by atoms with Crippen molar-refractivity contribution in [3.63, 3.8) is 0 Å². The second kappa shape index (κ2) is 4.78. The number of hydrogen-bond acceptors (Lipinski definition) is 3. The third-order valence-electron chi connectivity index (χ3n) is 3.17. The van der Waals surface area contributed by atoms with Crippen molar-refractivity contribution in [3.8, 4) is 0 Å². The van der Waals surface area contributed by atoms with E-state index in [2.05, 4.69) is 18.8 Å². The first-order valence-corrected chi connectivity index (χ1v) is 5.96. The van der Waals surface area contributed by atoms with Gasteiger partial charge in [-0.25, -0.2) is 9.78 Å². The maximum atomic E-state index is 11.2. The number of fused-ring (bicyclic) bond motifs is 1. The van der Waals surface area contributed by atoms with Crippen molar-refractivity contribution in [2.24, 2.45) is 11.7 Å². The van der Waals surface area contributed by atoms with Gasteiger partial charge >= 0.3 is 5.97 Å². The Hall–Kier alpha value is -1.88. The average Bonchev–Trinajstić information content (AvgIpc) is 2.70. The summed E-state index contributed by atoms with van der Waals surface area (Å²) in [5.74, 6) is 0.0698. The molecular weight excluding hydrogens is 230 g/mol. The molecular formula is C13H17N3O2. The largest absolute Gasteiger partial charge is 0.476 e. The van der Waals surface area contributed by atoms with Crippen molar-refractivity contribution >= 4 is 11.5 Å². The minimum Gasteiger partial charge on any atom is -0.476 e. The first-order valence-electron chi connectivity index (χ1n) is 5.96. The summed E-state index contributed by atoms with van der Waals surface area (Å²) >= 11 is 0. The fourth-order valence-corrected chi connectivity index (χ4v) is 2.16. The van der Waals surface area contributed by atoms with Crippen molar-refractivity contribution in [2.75, 3.05) is 6.54 Å². The highest BCUT2D eigenvalue weighted by Gasteiger charge is 2.23. The summed E-state index contributed by atoms with van der Waals surface area (Å²) in [4.78, 5) is 15.5. The van der Waals surface area contributed by atoms with Gasteiger partial charge in [-0.05, 0) is 18.1 Å². The summed E-state index contributed by atoms with van der Waals surface area (Å²) in [5, 5.41) is 9.18. The van der Waals surface area contributed by atoms with Crippen molar-refractivity contribution in [2.45, 2.75) is 19.8 Å². The molecule has 0 radical (unpaired) electrons. The average molecular weight is 247 g/mol. The summed E-state index contributed by atoms with van der Waals surface area (Å²) in [6.07, 6.45) is 1.83. The molecule has 0 spiro atoms. The van der Waals surface area contributed by atoms with Gasteiger partial charge in [-0.3, -0.25) is 0 Å². The molecule has 0 fully saturated rings. The quantitative estimate of drug-likeness (QED) is 0.862. The van der Waals surface area contributed by atoms with E-state index >= 15 is 0 Å². The lowest BCUT2D eigenvalue weighted by molar-refractivity contribution is 0.0693. The summed E-state index contributed by atoms with van der Waals surface area (Å²) in [7, 11) is 0. The zero-order chi connectivity index (χ0) is 13.3. The van der Waals surface area contributed by atoms with Gasteiger partial charge in [0.1, 0.15) is 5.82 Å². The Morgan fingerprint density at radius 1 is 1.50 bits per heavy atom. The smallest absolute Gasteiger partial charge is 0.356 e. The van der Waals surface area contributed by atoms with Gasteiger partial charge in [-0.2, -0.15) is 0 Å². The molecule has 0 amide bonds. The highest BCUT2D eigenvalue weighted by atomic mass is 16.4. The number of pyridine rings is 1. The van der Waals surface area contributed by atoms with Crippen LogP contribution >= 0.6 is 0 Å². The number of carbonyl (C=O) groups is 1. The second-order valence-electron chi connectivity index (χ2n) is 4.67. The van der Waals surface area contributed by atoms with Crippen LogP contribution in [0.1, 0.15) is 36.1 Å². The topological polar surface area (TPSA) is 80.6 Å². The zero-order valence-electron chi connectivity index (χ0n) is 10.5. The van der Waals surface area contributed by atoms with E-state index in [1.54, 1.807) is 12.1 Å². The predicted octanol–water partition coefficient (Wildman–Crippen LogP) is 1.73. The SMILES string of the molecule is CC(C)C(CN)c1nc(C(=O)O)c2ccccn12. The van der Waals surface area contributed by atoms with Gasteiger partial charge in [0.2, 0.25) is 0 Å². The minimum absolute atomic E-state index is 0.0491. The van der Waals surface area contributed by atoms with Gasteiger partial charge in [-0.15, -0.1) is 0 Å². The van der Waals surface area contributed by atoms with Crippen molar-refractivity contribution in [1.29, 1.82) is 0 Å². The number of hydrogen-bond donors (Lipinski definition) is 2. The van der Waals surface area contributed by atoms with Gasteiger partial charge in [-0.1, -0.05) is 19.9 Å².